The molecule has 0 aromatic heterocycles. The molecule has 4 nitrogen and oxygen atoms in total. The Morgan fingerprint density at radius 2 is 1.52 bits per heavy atom. The number of aryl methyl sites for hydroxylation is 1. The highest BCUT2D eigenvalue weighted by Crippen LogP contribution is 2.17. The van der Waals surface area contributed by atoms with E-state index in [0.29, 0.717) is 23.5 Å². The van der Waals surface area contributed by atoms with Crippen molar-refractivity contribution in [3.05, 3.63) is 101 Å². The third-order valence-electron chi connectivity index (χ3n) is 4.33. The highest BCUT2D eigenvalue weighted by molar-refractivity contribution is 6.06. The Kier molecular flexibility index (Phi) is 6.59. The van der Waals surface area contributed by atoms with Gasteiger partial charge in [-0.3, -0.25) is 4.79 Å². The van der Waals surface area contributed by atoms with Crippen molar-refractivity contribution < 1.29 is 19.1 Å². The molecule has 0 aliphatic rings. The third-order valence-corrected chi connectivity index (χ3v) is 4.33. The van der Waals surface area contributed by atoms with Gasteiger partial charge in [0.15, 0.2) is 5.78 Å². The van der Waals surface area contributed by atoms with E-state index in [1.54, 1.807) is 42.5 Å². The van der Waals surface area contributed by atoms with Crippen molar-refractivity contribution in [3.63, 3.8) is 0 Å². The molecule has 0 aliphatic heterocycles. The van der Waals surface area contributed by atoms with Crippen molar-refractivity contribution in [1.82, 2.24) is 0 Å². The molecule has 0 N–H and O–H groups in total. The average Bonchev–Trinajstić information content (AvgIpc) is 2.74. The van der Waals surface area contributed by atoms with Crippen molar-refractivity contribution in [2.24, 2.45) is 0 Å². The first-order chi connectivity index (χ1) is 14.1. The van der Waals surface area contributed by atoms with Gasteiger partial charge in [-0.1, -0.05) is 36.4 Å². The molecule has 3 aromatic rings. The van der Waals surface area contributed by atoms with Gasteiger partial charge in [0.1, 0.15) is 11.5 Å². The van der Waals surface area contributed by atoms with Gasteiger partial charge in [-0.25, -0.2) is 4.79 Å². The van der Waals surface area contributed by atoms with Crippen LogP contribution >= 0.6 is 0 Å². The standard InChI is InChI=1S/C25H22O4/c1-3-28-21-13-8-19(9-14-21)10-17-24(26)20-11-15-22(16-12-20)29-25(27)23-7-5-4-6-18(23)2/h4-17H,3H2,1-2H3. The number of benzene rings is 3. The summed E-state index contributed by atoms with van der Waals surface area (Å²) in [5.74, 6) is 0.644. The van der Waals surface area contributed by atoms with Crippen LogP contribution in [0.5, 0.6) is 11.5 Å². The largest absolute Gasteiger partial charge is 0.494 e. The normalized spacial score (nSPS) is 10.7. The lowest BCUT2D eigenvalue weighted by Crippen LogP contribution is -2.10. The molecule has 0 amide bonds. The van der Waals surface area contributed by atoms with Crippen LogP contribution in [-0.2, 0) is 0 Å². The number of carbonyl (C=O) groups excluding carboxylic acids is 2. The van der Waals surface area contributed by atoms with Gasteiger partial charge in [0.2, 0.25) is 0 Å². The van der Waals surface area contributed by atoms with Crippen LogP contribution in [0, 0.1) is 6.92 Å². The summed E-state index contributed by atoms with van der Waals surface area (Å²) in [5, 5.41) is 0. The molecule has 146 valence electrons. The molecule has 0 aliphatic carbocycles. The van der Waals surface area contributed by atoms with Crippen LogP contribution in [0.25, 0.3) is 6.08 Å². The minimum Gasteiger partial charge on any atom is -0.494 e. The van der Waals surface area contributed by atoms with E-state index in [0.717, 1.165) is 16.9 Å². The molecule has 0 atom stereocenters. The predicted octanol–water partition coefficient (Wildman–Crippen LogP) is 5.51. The minimum absolute atomic E-state index is 0.129. The molecule has 29 heavy (non-hydrogen) atoms. The lowest BCUT2D eigenvalue weighted by Gasteiger charge is -2.07. The summed E-state index contributed by atoms with van der Waals surface area (Å²) in [6.07, 6.45) is 3.27. The second kappa shape index (κ2) is 9.51. The van der Waals surface area contributed by atoms with Crippen molar-refractivity contribution in [3.8, 4) is 11.5 Å². The maximum absolute atomic E-state index is 12.4. The average molecular weight is 386 g/mol. The summed E-state index contributed by atoms with van der Waals surface area (Å²) >= 11 is 0. The first-order valence-corrected chi connectivity index (χ1v) is 9.40. The van der Waals surface area contributed by atoms with Crippen molar-refractivity contribution in [1.29, 1.82) is 0 Å². The summed E-state index contributed by atoms with van der Waals surface area (Å²) in [5.41, 5.74) is 2.79. The molecule has 3 rings (SSSR count). The van der Waals surface area contributed by atoms with Crippen LogP contribution in [-0.4, -0.2) is 18.4 Å². The lowest BCUT2D eigenvalue weighted by molar-refractivity contribution is 0.0734. The van der Waals surface area contributed by atoms with Gasteiger partial charge in [-0.15, -0.1) is 0 Å². The number of hydrogen-bond donors (Lipinski definition) is 0. The van der Waals surface area contributed by atoms with E-state index in [-0.39, 0.29) is 5.78 Å². The topological polar surface area (TPSA) is 52.6 Å². The molecule has 0 saturated carbocycles. The summed E-state index contributed by atoms with van der Waals surface area (Å²) in [6, 6.07) is 21.3. The molecule has 4 heteroatoms. The fourth-order valence-electron chi connectivity index (χ4n) is 2.76. The first kappa shape index (κ1) is 20.1. The maximum Gasteiger partial charge on any atom is 0.343 e. The smallest absolute Gasteiger partial charge is 0.343 e. The van der Waals surface area contributed by atoms with E-state index >= 15 is 0 Å². The van der Waals surface area contributed by atoms with Crippen LogP contribution in [0.3, 0.4) is 0 Å². The second-order valence-corrected chi connectivity index (χ2v) is 6.43. The zero-order valence-corrected chi connectivity index (χ0v) is 16.4. The zero-order valence-electron chi connectivity index (χ0n) is 16.4. The fraction of sp³-hybridized carbons (Fsp3) is 0.120. The van der Waals surface area contributed by atoms with Crippen LogP contribution in [0.15, 0.2) is 78.9 Å². The number of carbonyl (C=O) groups is 2. The van der Waals surface area contributed by atoms with E-state index < -0.39 is 5.97 Å². The van der Waals surface area contributed by atoms with Crippen LogP contribution < -0.4 is 9.47 Å². The van der Waals surface area contributed by atoms with E-state index in [1.165, 1.54) is 6.08 Å². The Bertz CT molecular complexity index is 1020. The van der Waals surface area contributed by atoms with Crippen molar-refractivity contribution >= 4 is 17.8 Å². The van der Waals surface area contributed by atoms with E-state index in [9.17, 15) is 9.59 Å². The van der Waals surface area contributed by atoms with Crippen LogP contribution in [0.4, 0.5) is 0 Å². The Labute approximate surface area is 170 Å². The van der Waals surface area contributed by atoms with Crippen LogP contribution in [0.2, 0.25) is 0 Å². The predicted molar refractivity (Wildman–Crippen MR) is 114 cm³/mol. The number of rotatable bonds is 7. The first-order valence-electron chi connectivity index (χ1n) is 9.40. The Hall–Kier alpha value is -3.66. The quantitative estimate of drug-likeness (QED) is 0.233. The Morgan fingerprint density at radius 3 is 2.17 bits per heavy atom. The summed E-state index contributed by atoms with van der Waals surface area (Å²) in [6.45, 7) is 4.40. The third kappa shape index (κ3) is 5.42. The monoisotopic (exact) mass is 386 g/mol. The molecule has 3 aromatic carbocycles. The lowest BCUT2D eigenvalue weighted by atomic mass is 10.1. The van der Waals surface area contributed by atoms with E-state index in [1.807, 2.05) is 50.2 Å². The summed E-state index contributed by atoms with van der Waals surface area (Å²) in [7, 11) is 0. The molecule has 0 spiro atoms. The zero-order chi connectivity index (χ0) is 20.6. The van der Waals surface area contributed by atoms with Gasteiger partial charge in [-0.05, 0) is 73.5 Å². The number of ketones is 1. The Balaban J connectivity index is 1.62. The molecule has 0 bridgehead atoms. The fourth-order valence-corrected chi connectivity index (χ4v) is 2.76. The maximum atomic E-state index is 12.4. The molecule has 0 fully saturated rings. The SMILES string of the molecule is CCOc1ccc(C=CC(=O)c2ccc(OC(=O)c3ccccc3C)cc2)cc1. The van der Waals surface area contributed by atoms with Crippen LogP contribution in [0.1, 0.15) is 38.8 Å². The van der Waals surface area contributed by atoms with Gasteiger partial charge in [0.25, 0.3) is 0 Å². The van der Waals surface area contributed by atoms with Gasteiger partial charge in [0, 0.05) is 5.56 Å². The van der Waals surface area contributed by atoms with Gasteiger partial charge in [-0.2, -0.15) is 0 Å². The van der Waals surface area contributed by atoms with Gasteiger partial charge < -0.3 is 9.47 Å². The number of allylic oxidation sites excluding steroid dienone is 1. The number of esters is 1. The molecule has 0 heterocycles. The molecule has 0 saturated heterocycles. The highest BCUT2D eigenvalue weighted by Gasteiger charge is 2.11. The Morgan fingerprint density at radius 1 is 0.862 bits per heavy atom. The molecule has 0 radical (unpaired) electrons. The minimum atomic E-state index is -0.419. The number of hydrogen-bond acceptors (Lipinski definition) is 4. The summed E-state index contributed by atoms with van der Waals surface area (Å²) in [4.78, 5) is 24.6. The van der Waals surface area contributed by atoms with Gasteiger partial charge >= 0.3 is 5.97 Å². The van der Waals surface area contributed by atoms with Crippen molar-refractivity contribution in [2.45, 2.75) is 13.8 Å². The molecule has 0 unspecified atom stereocenters. The van der Waals surface area contributed by atoms with E-state index in [4.69, 9.17) is 9.47 Å². The molecular formula is C25H22O4. The highest BCUT2D eigenvalue weighted by atomic mass is 16.5. The van der Waals surface area contributed by atoms with Gasteiger partial charge in [0.05, 0.1) is 12.2 Å². The molecular weight excluding hydrogens is 364 g/mol. The summed E-state index contributed by atoms with van der Waals surface area (Å²) < 4.78 is 10.8. The van der Waals surface area contributed by atoms with Crippen molar-refractivity contribution in [2.75, 3.05) is 6.61 Å². The second-order valence-electron chi connectivity index (χ2n) is 6.43. The van der Waals surface area contributed by atoms with E-state index in [2.05, 4.69) is 0 Å². The number of ether oxygens (including phenoxy) is 2.